The van der Waals surface area contributed by atoms with Crippen LogP contribution in [0.15, 0.2) is 24.3 Å². The first-order chi connectivity index (χ1) is 10.3. The standard InChI is InChI=1S/C16H24N2O3/c1-20-9-10-21-13-16(19)17-15-6-4-5-14(11-15)12-18-7-2-3-8-18/h4-6,11H,2-3,7-10,12-13H2,1H3,(H,17,19). The van der Waals surface area contributed by atoms with E-state index >= 15 is 0 Å². The van der Waals surface area contributed by atoms with E-state index in [0.29, 0.717) is 13.2 Å². The molecule has 0 spiro atoms. The van der Waals surface area contributed by atoms with Gasteiger partial charge in [0.2, 0.25) is 5.91 Å². The van der Waals surface area contributed by atoms with E-state index < -0.39 is 0 Å². The molecular formula is C16H24N2O3. The Hall–Kier alpha value is -1.43. The van der Waals surface area contributed by atoms with Crippen molar-refractivity contribution in [2.24, 2.45) is 0 Å². The second kappa shape index (κ2) is 8.77. The Kier molecular flexibility index (Phi) is 6.66. The molecule has 1 aliphatic heterocycles. The highest BCUT2D eigenvalue weighted by atomic mass is 16.5. The summed E-state index contributed by atoms with van der Waals surface area (Å²) < 4.78 is 10.1. The molecule has 1 fully saturated rings. The first-order valence-corrected chi connectivity index (χ1v) is 7.46. The lowest BCUT2D eigenvalue weighted by molar-refractivity contribution is -0.121. The molecule has 2 rings (SSSR count). The molecule has 1 saturated heterocycles. The lowest BCUT2D eigenvalue weighted by atomic mass is 10.2. The predicted molar refractivity (Wildman–Crippen MR) is 82.3 cm³/mol. The Morgan fingerprint density at radius 3 is 2.86 bits per heavy atom. The van der Waals surface area contributed by atoms with E-state index in [4.69, 9.17) is 9.47 Å². The van der Waals surface area contributed by atoms with E-state index in [2.05, 4.69) is 16.3 Å². The fourth-order valence-electron chi connectivity index (χ4n) is 2.45. The zero-order valence-corrected chi connectivity index (χ0v) is 12.6. The predicted octanol–water partition coefficient (Wildman–Crippen LogP) is 1.88. The number of ether oxygens (including phenoxy) is 2. The zero-order chi connectivity index (χ0) is 14.9. The summed E-state index contributed by atoms with van der Waals surface area (Å²) in [6, 6.07) is 8.02. The Morgan fingerprint density at radius 1 is 1.29 bits per heavy atom. The highest BCUT2D eigenvalue weighted by molar-refractivity contribution is 5.91. The number of hydrogen-bond acceptors (Lipinski definition) is 4. The molecule has 0 atom stereocenters. The van der Waals surface area contributed by atoms with Crippen molar-refractivity contribution in [3.05, 3.63) is 29.8 Å². The van der Waals surface area contributed by atoms with E-state index in [1.807, 2.05) is 18.2 Å². The topological polar surface area (TPSA) is 50.8 Å². The van der Waals surface area contributed by atoms with Crippen LogP contribution in [0.5, 0.6) is 0 Å². The highest BCUT2D eigenvalue weighted by Crippen LogP contribution is 2.16. The number of benzene rings is 1. The monoisotopic (exact) mass is 292 g/mol. The molecule has 1 aromatic rings. The molecule has 1 amide bonds. The number of carbonyl (C=O) groups excluding carboxylic acids is 1. The minimum absolute atomic E-state index is 0.0553. The number of likely N-dealkylation sites (tertiary alicyclic amines) is 1. The summed E-state index contributed by atoms with van der Waals surface area (Å²) in [6.07, 6.45) is 2.57. The summed E-state index contributed by atoms with van der Waals surface area (Å²) in [5.74, 6) is -0.135. The van der Waals surface area contributed by atoms with Crippen LogP contribution in [0.2, 0.25) is 0 Å². The molecule has 1 aromatic carbocycles. The summed E-state index contributed by atoms with van der Waals surface area (Å²) >= 11 is 0. The Balaban J connectivity index is 1.78. The van der Waals surface area contributed by atoms with Crippen molar-refractivity contribution >= 4 is 11.6 Å². The molecule has 0 aliphatic carbocycles. The van der Waals surface area contributed by atoms with Gasteiger partial charge in [-0.3, -0.25) is 9.69 Å². The third-order valence-electron chi connectivity index (χ3n) is 3.48. The third kappa shape index (κ3) is 5.83. The van der Waals surface area contributed by atoms with Gasteiger partial charge in [-0.25, -0.2) is 0 Å². The van der Waals surface area contributed by atoms with E-state index in [1.54, 1.807) is 7.11 Å². The van der Waals surface area contributed by atoms with E-state index in [9.17, 15) is 4.79 Å². The van der Waals surface area contributed by atoms with Gasteiger partial charge in [0.1, 0.15) is 6.61 Å². The summed E-state index contributed by atoms with van der Waals surface area (Å²) in [6.45, 7) is 4.28. The number of amides is 1. The first-order valence-electron chi connectivity index (χ1n) is 7.46. The molecule has 1 heterocycles. The van der Waals surface area contributed by atoms with Gasteiger partial charge in [0.25, 0.3) is 0 Å². The van der Waals surface area contributed by atoms with Gasteiger partial charge >= 0.3 is 0 Å². The molecule has 5 nitrogen and oxygen atoms in total. The number of hydrogen-bond donors (Lipinski definition) is 1. The second-order valence-electron chi connectivity index (χ2n) is 5.28. The molecule has 0 radical (unpaired) electrons. The molecule has 0 bridgehead atoms. The lowest BCUT2D eigenvalue weighted by Crippen LogP contribution is -2.20. The average Bonchev–Trinajstić information content (AvgIpc) is 2.97. The van der Waals surface area contributed by atoms with Gasteiger partial charge in [0.05, 0.1) is 13.2 Å². The Morgan fingerprint density at radius 2 is 2.10 bits per heavy atom. The van der Waals surface area contributed by atoms with Crippen molar-refractivity contribution in [2.75, 3.05) is 45.3 Å². The van der Waals surface area contributed by atoms with Crippen molar-refractivity contribution in [3.8, 4) is 0 Å². The highest BCUT2D eigenvalue weighted by Gasteiger charge is 2.12. The van der Waals surface area contributed by atoms with Crippen molar-refractivity contribution in [1.82, 2.24) is 4.90 Å². The minimum Gasteiger partial charge on any atom is -0.382 e. The van der Waals surface area contributed by atoms with Gasteiger partial charge in [-0.2, -0.15) is 0 Å². The third-order valence-corrected chi connectivity index (χ3v) is 3.48. The molecular weight excluding hydrogens is 268 g/mol. The molecule has 0 saturated carbocycles. The fourth-order valence-corrected chi connectivity index (χ4v) is 2.45. The SMILES string of the molecule is COCCOCC(=O)Nc1cccc(CN2CCCC2)c1. The van der Waals surface area contributed by atoms with Crippen LogP contribution in [0, 0.1) is 0 Å². The van der Waals surface area contributed by atoms with Crippen LogP contribution in [0.25, 0.3) is 0 Å². The van der Waals surface area contributed by atoms with Gasteiger partial charge in [-0.1, -0.05) is 12.1 Å². The Bertz CT molecular complexity index is 445. The van der Waals surface area contributed by atoms with Gasteiger partial charge in [-0.05, 0) is 43.6 Å². The normalized spacial score (nSPS) is 15.3. The first kappa shape index (κ1) is 15.9. The minimum atomic E-state index is -0.135. The van der Waals surface area contributed by atoms with Gasteiger partial charge in [0.15, 0.2) is 0 Å². The number of carbonyl (C=O) groups is 1. The van der Waals surface area contributed by atoms with Crippen LogP contribution in [-0.4, -0.2) is 50.8 Å². The molecule has 1 N–H and O–H groups in total. The van der Waals surface area contributed by atoms with E-state index in [0.717, 1.165) is 12.2 Å². The summed E-state index contributed by atoms with van der Waals surface area (Å²) in [5, 5.41) is 2.86. The zero-order valence-electron chi connectivity index (χ0n) is 12.6. The maximum atomic E-state index is 11.7. The average molecular weight is 292 g/mol. The molecule has 116 valence electrons. The molecule has 0 aromatic heterocycles. The van der Waals surface area contributed by atoms with Crippen molar-refractivity contribution in [3.63, 3.8) is 0 Å². The smallest absolute Gasteiger partial charge is 0.250 e. The maximum absolute atomic E-state index is 11.7. The lowest BCUT2D eigenvalue weighted by Gasteiger charge is -2.15. The van der Waals surface area contributed by atoms with Crippen LogP contribution < -0.4 is 5.32 Å². The van der Waals surface area contributed by atoms with Gasteiger partial charge < -0.3 is 14.8 Å². The van der Waals surface area contributed by atoms with Crippen LogP contribution in [-0.2, 0) is 20.8 Å². The number of anilines is 1. The van der Waals surface area contributed by atoms with Gasteiger partial charge in [-0.15, -0.1) is 0 Å². The van der Waals surface area contributed by atoms with Crippen LogP contribution in [0.1, 0.15) is 18.4 Å². The van der Waals surface area contributed by atoms with Crippen molar-refractivity contribution in [2.45, 2.75) is 19.4 Å². The van der Waals surface area contributed by atoms with Crippen LogP contribution in [0.4, 0.5) is 5.69 Å². The molecule has 21 heavy (non-hydrogen) atoms. The fraction of sp³-hybridized carbons (Fsp3) is 0.562. The van der Waals surface area contributed by atoms with Crippen molar-refractivity contribution < 1.29 is 14.3 Å². The number of nitrogens with one attached hydrogen (secondary N) is 1. The quantitative estimate of drug-likeness (QED) is 0.743. The largest absolute Gasteiger partial charge is 0.382 e. The molecule has 5 heteroatoms. The molecule has 0 unspecified atom stereocenters. The molecule has 1 aliphatic rings. The number of rotatable bonds is 8. The second-order valence-corrected chi connectivity index (χ2v) is 5.28. The summed E-state index contributed by atoms with van der Waals surface area (Å²) in [5.41, 5.74) is 2.06. The van der Waals surface area contributed by atoms with Crippen LogP contribution in [0.3, 0.4) is 0 Å². The summed E-state index contributed by atoms with van der Waals surface area (Å²) in [7, 11) is 1.61. The van der Waals surface area contributed by atoms with Crippen molar-refractivity contribution in [1.29, 1.82) is 0 Å². The van der Waals surface area contributed by atoms with Gasteiger partial charge in [0, 0.05) is 19.3 Å². The number of methoxy groups -OCH3 is 1. The van der Waals surface area contributed by atoms with E-state index in [1.165, 1.54) is 31.5 Å². The van der Waals surface area contributed by atoms with E-state index in [-0.39, 0.29) is 12.5 Å². The maximum Gasteiger partial charge on any atom is 0.250 e. The van der Waals surface area contributed by atoms with Crippen LogP contribution >= 0.6 is 0 Å². The number of nitrogens with zero attached hydrogens (tertiary/aromatic N) is 1. The summed E-state index contributed by atoms with van der Waals surface area (Å²) in [4.78, 5) is 14.2. The Labute approximate surface area is 126 Å².